The van der Waals surface area contributed by atoms with Gasteiger partial charge in [-0.2, -0.15) is 0 Å². The van der Waals surface area contributed by atoms with E-state index in [1.165, 1.54) is 4.90 Å². The first-order valence-electron chi connectivity index (χ1n) is 10.9. The molecule has 3 aromatic rings. The van der Waals surface area contributed by atoms with Crippen LogP contribution in [0.2, 0.25) is 0 Å². The molecule has 1 saturated heterocycles. The van der Waals surface area contributed by atoms with E-state index >= 15 is 0 Å². The molecule has 1 aromatic heterocycles. The number of ether oxygens (including phenoxy) is 1. The highest BCUT2D eigenvalue weighted by Gasteiger charge is 2.47. The summed E-state index contributed by atoms with van der Waals surface area (Å²) in [5.41, 5.74) is 4.80. The van der Waals surface area contributed by atoms with Crippen LogP contribution in [-0.2, 0) is 16.0 Å². The molecule has 5 rings (SSSR count). The molecule has 3 heterocycles. The standard InChI is InChI=1S/C27H24N2O4/c1-15-4-6-21(16(2)12-15)29-24(18-8-10-28-11-9-18)23(26(31)27(29)32)25(30)19-5-7-22-20(14-19)13-17(3)33-22/h4-12,14,17,24,30H,13H2,1-3H3/b25-23-. The van der Waals surface area contributed by atoms with E-state index in [2.05, 4.69) is 4.98 Å². The first-order valence-corrected chi connectivity index (χ1v) is 10.9. The van der Waals surface area contributed by atoms with Gasteiger partial charge >= 0.3 is 0 Å². The van der Waals surface area contributed by atoms with Crippen molar-refractivity contribution in [2.45, 2.75) is 39.3 Å². The number of hydrogen-bond acceptors (Lipinski definition) is 5. The Morgan fingerprint density at radius 3 is 2.55 bits per heavy atom. The molecule has 166 valence electrons. The van der Waals surface area contributed by atoms with Crippen molar-refractivity contribution in [3.05, 3.63) is 94.3 Å². The molecular formula is C27H24N2O4. The number of ketones is 1. The van der Waals surface area contributed by atoms with Crippen molar-refractivity contribution in [1.29, 1.82) is 0 Å². The van der Waals surface area contributed by atoms with E-state index in [1.807, 2.05) is 45.0 Å². The molecule has 33 heavy (non-hydrogen) atoms. The monoisotopic (exact) mass is 440 g/mol. The summed E-state index contributed by atoms with van der Waals surface area (Å²) in [5, 5.41) is 11.3. The number of aromatic nitrogens is 1. The zero-order valence-electron chi connectivity index (χ0n) is 18.7. The molecule has 6 nitrogen and oxygen atoms in total. The van der Waals surface area contributed by atoms with E-state index in [0.717, 1.165) is 28.9 Å². The van der Waals surface area contributed by atoms with E-state index in [4.69, 9.17) is 4.74 Å². The number of aliphatic hydroxyl groups is 1. The first-order chi connectivity index (χ1) is 15.8. The van der Waals surface area contributed by atoms with E-state index in [1.54, 1.807) is 36.7 Å². The van der Waals surface area contributed by atoms with Gasteiger partial charge in [0.2, 0.25) is 0 Å². The molecule has 0 radical (unpaired) electrons. The smallest absolute Gasteiger partial charge is 0.300 e. The lowest BCUT2D eigenvalue weighted by molar-refractivity contribution is -0.132. The summed E-state index contributed by atoms with van der Waals surface area (Å²) in [6, 6.07) is 13.8. The van der Waals surface area contributed by atoms with Gasteiger partial charge in [0, 0.05) is 30.1 Å². The zero-order valence-corrected chi connectivity index (χ0v) is 18.7. The van der Waals surface area contributed by atoms with Crippen LogP contribution in [0, 0.1) is 13.8 Å². The minimum absolute atomic E-state index is 0.0595. The first kappa shape index (κ1) is 20.9. The van der Waals surface area contributed by atoms with Gasteiger partial charge in [0.15, 0.2) is 0 Å². The Morgan fingerprint density at radius 1 is 1.06 bits per heavy atom. The molecule has 0 aliphatic carbocycles. The van der Waals surface area contributed by atoms with Crippen LogP contribution in [-0.4, -0.2) is 27.9 Å². The number of hydrogen-bond donors (Lipinski definition) is 1. The maximum atomic E-state index is 13.3. The number of aliphatic hydroxyl groups excluding tert-OH is 1. The maximum absolute atomic E-state index is 13.3. The van der Waals surface area contributed by atoms with Crippen molar-refractivity contribution in [2.75, 3.05) is 4.90 Å². The molecule has 6 heteroatoms. The van der Waals surface area contributed by atoms with Crippen molar-refractivity contribution < 1.29 is 19.4 Å². The molecule has 0 bridgehead atoms. The van der Waals surface area contributed by atoms with Crippen molar-refractivity contribution >= 4 is 23.1 Å². The number of benzene rings is 2. The Hall–Kier alpha value is -3.93. The summed E-state index contributed by atoms with van der Waals surface area (Å²) in [6.07, 6.45) is 4.02. The van der Waals surface area contributed by atoms with Gasteiger partial charge in [0.05, 0.1) is 11.6 Å². The van der Waals surface area contributed by atoms with Crippen LogP contribution in [0.1, 0.15) is 40.8 Å². The Bertz CT molecular complexity index is 1310. The van der Waals surface area contributed by atoms with Gasteiger partial charge in [-0.3, -0.25) is 19.5 Å². The van der Waals surface area contributed by atoms with Crippen LogP contribution in [0.15, 0.2) is 66.5 Å². The number of anilines is 1. The summed E-state index contributed by atoms with van der Waals surface area (Å²) in [6.45, 7) is 5.87. The molecule has 2 aliphatic rings. The fourth-order valence-corrected chi connectivity index (χ4v) is 4.74. The molecule has 2 aliphatic heterocycles. The molecule has 1 amide bonds. The largest absolute Gasteiger partial charge is 0.507 e. The van der Waals surface area contributed by atoms with Crippen molar-refractivity contribution in [2.24, 2.45) is 0 Å². The second-order valence-corrected chi connectivity index (χ2v) is 8.69. The summed E-state index contributed by atoms with van der Waals surface area (Å²) in [5.74, 6) is -0.784. The second-order valence-electron chi connectivity index (χ2n) is 8.69. The number of pyridine rings is 1. The van der Waals surface area contributed by atoms with Gasteiger partial charge in [-0.25, -0.2) is 0 Å². The predicted molar refractivity (Wildman–Crippen MR) is 125 cm³/mol. The van der Waals surface area contributed by atoms with Crippen LogP contribution >= 0.6 is 0 Å². The van der Waals surface area contributed by atoms with Gasteiger partial charge in [-0.05, 0) is 73.9 Å². The van der Waals surface area contributed by atoms with Crippen molar-refractivity contribution in [3.63, 3.8) is 0 Å². The minimum Gasteiger partial charge on any atom is -0.507 e. The lowest BCUT2D eigenvalue weighted by atomic mass is 9.94. The van der Waals surface area contributed by atoms with E-state index in [-0.39, 0.29) is 17.4 Å². The predicted octanol–water partition coefficient (Wildman–Crippen LogP) is 4.65. The van der Waals surface area contributed by atoms with E-state index in [9.17, 15) is 14.7 Å². The number of aryl methyl sites for hydroxylation is 2. The highest BCUT2D eigenvalue weighted by atomic mass is 16.5. The van der Waals surface area contributed by atoms with Crippen LogP contribution in [0.4, 0.5) is 5.69 Å². The second kappa shape index (κ2) is 7.89. The molecule has 0 saturated carbocycles. The van der Waals surface area contributed by atoms with Crippen LogP contribution < -0.4 is 9.64 Å². The number of carbonyl (C=O) groups excluding carboxylic acids is 2. The lowest BCUT2D eigenvalue weighted by Gasteiger charge is -2.27. The Balaban J connectivity index is 1.70. The number of fused-ring (bicyclic) bond motifs is 1. The summed E-state index contributed by atoms with van der Waals surface area (Å²) in [4.78, 5) is 32.2. The van der Waals surface area contributed by atoms with Gasteiger partial charge in [0.1, 0.15) is 17.6 Å². The Morgan fingerprint density at radius 2 is 1.82 bits per heavy atom. The van der Waals surface area contributed by atoms with Crippen LogP contribution in [0.3, 0.4) is 0 Å². The molecule has 2 atom stereocenters. The van der Waals surface area contributed by atoms with E-state index in [0.29, 0.717) is 16.8 Å². The minimum atomic E-state index is -0.766. The third-order valence-corrected chi connectivity index (χ3v) is 6.25. The fourth-order valence-electron chi connectivity index (χ4n) is 4.74. The summed E-state index contributed by atoms with van der Waals surface area (Å²) >= 11 is 0. The quantitative estimate of drug-likeness (QED) is 0.364. The average molecular weight is 440 g/mol. The van der Waals surface area contributed by atoms with Gasteiger partial charge in [-0.1, -0.05) is 17.7 Å². The number of carbonyl (C=O) groups is 2. The number of amides is 1. The summed E-state index contributed by atoms with van der Waals surface area (Å²) in [7, 11) is 0. The number of Topliss-reactive ketones (excluding diaryl/α,β-unsaturated/α-hetero) is 1. The van der Waals surface area contributed by atoms with Crippen LogP contribution in [0.25, 0.3) is 5.76 Å². The summed E-state index contributed by atoms with van der Waals surface area (Å²) < 4.78 is 5.76. The van der Waals surface area contributed by atoms with Crippen LogP contribution in [0.5, 0.6) is 5.75 Å². The van der Waals surface area contributed by atoms with E-state index < -0.39 is 17.7 Å². The average Bonchev–Trinajstić information content (AvgIpc) is 3.30. The Labute approximate surface area is 192 Å². The third kappa shape index (κ3) is 3.48. The number of rotatable bonds is 3. The molecule has 1 fully saturated rings. The topological polar surface area (TPSA) is 79.7 Å². The highest BCUT2D eigenvalue weighted by Crippen LogP contribution is 2.43. The molecule has 0 spiro atoms. The van der Waals surface area contributed by atoms with Crippen molar-refractivity contribution in [3.8, 4) is 5.75 Å². The molecule has 1 N–H and O–H groups in total. The van der Waals surface area contributed by atoms with Gasteiger partial charge in [0.25, 0.3) is 11.7 Å². The van der Waals surface area contributed by atoms with Crippen molar-refractivity contribution in [1.82, 2.24) is 4.98 Å². The SMILES string of the molecule is Cc1ccc(N2C(=O)C(=O)/C(=C(\O)c3ccc4c(c3)CC(C)O4)C2c2ccncc2)c(C)c1. The number of nitrogens with zero attached hydrogens (tertiary/aromatic N) is 2. The highest BCUT2D eigenvalue weighted by molar-refractivity contribution is 6.51. The molecule has 2 unspecified atom stereocenters. The molecule has 2 aromatic carbocycles. The maximum Gasteiger partial charge on any atom is 0.300 e. The Kier molecular flexibility index (Phi) is 5.01. The van der Waals surface area contributed by atoms with Gasteiger partial charge < -0.3 is 9.84 Å². The fraction of sp³-hybridized carbons (Fsp3) is 0.222. The van der Waals surface area contributed by atoms with Gasteiger partial charge in [-0.15, -0.1) is 0 Å². The zero-order chi connectivity index (χ0) is 23.3. The normalized spacial score (nSPS) is 21.2. The molecular weight excluding hydrogens is 416 g/mol. The third-order valence-electron chi connectivity index (χ3n) is 6.25. The lowest BCUT2D eigenvalue weighted by Crippen LogP contribution is -2.30.